The van der Waals surface area contributed by atoms with E-state index in [2.05, 4.69) is 0 Å². The van der Waals surface area contributed by atoms with Crippen LogP contribution in [0.1, 0.15) is 31.2 Å². The molecule has 126 valence electrons. The van der Waals surface area contributed by atoms with Crippen LogP contribution in [0, 0.1) is 5.92 Å². The van der Waals surface area contributed by atoms with Gasteiger partial charge in [0.1, 0.15) is 0 Å². The van der Waals surface area contributed by atoms with E-state index in [0.29, 0.717) is 24.5 Å². The summed E-state index contributed by atoms with van der Waals surface area (Å²) < 4.78 is 11.3. The van der Waals surface area contributed by atoms with Crippen LogP contribution in [0.25, 0.3) is 0 Å². The van der Waals surface area contributed by atoms with E-state index in [-0.39, 0.29) is 24.2 Å². The van der Waals surface area contributed by atoms with E-state index in [9.17, 15) is 4.79 Å². The summed E-state index contributed by atoms with van der Waals surface area (Å²) in [5.74, 6) is -0.615. The van der Waals surface area contributed by atoms with Crippen molar-refractivity contribution in [3.05, 3.63) is 46.7 Å². The zero-order valence-electron chi connectivity index (χ0n) is 13.1. The number of aliphatic hydroxyl groups is 1. The first-order chi connectivity index (χ1) is 11.1. The third-order valence-corrected chi connectivity index (χ3v) is 4.16. The third-order valence-electron chi connectivity index (χ3n) is 3.91. The molecule has 1 amide bonds. The van der Waals surface area contributed by atoms with Gasteiger partial charge in [-0.15, -0.1) is 0 Å². The average Bonchev–Trinajstić information content (AvgIpc) is 2.54. The van der Waals surface area contributed by atoms with Gasteiger partial charge in [-0.2, -0.15) is 0 Å². The number of primary amides is 1. The van der Waals surface area contributed by atoms with E-state index in [1.54, 1.807) is 6.08 Å². The summed E-state index contributed by atoms with van der Waals surface area (Å²) in [5, 5.41) is 9.80. The van der Waals surface area contributed by atoms with Gasteiger partial charge in [0.15, 0.2) is 5.76 Å². The second-order valence-corrected chi connectivity index (χ2v) is 5.88. The predicted molar refractivity (Wildman–Crippen MR) is 87.8 cm³/mol. The van der Waals surface area contributed by atoms with E-state index in [4.69, 9.17) is 31.9 Å². The maximum absolute atomic E-state index is 11.6. The van der Waals surface area contributed by atoms with Crippen LogP contribution in [0.15, 0.2) is 36.1 Å². The minimum absolute atomic E-state index is 0.0219. The van der Waals surface area contributed by atoms with E-state index in [0.717, 1.165) is 5.56 Å². The lowest BCUT2D eigenvalue weighted by Gasteiger charge is -2.36. The van der Waals surface area contributed by atoms with Crippen LogP contribution in [0.5, 0.6) is 0 Å². The first kappa shape index (κ1) is 17.8. The second kappa shape index (κ2) is 8.34. The molecule has 0 bridgehead atoms. The lowest BCUT2D eigenvalue weighted by atomic mass is 9.80. The van der Waals surface area contributed by atoms with Crippen molar-refractivity contribution in [3.8, 4) is 0 Å². The number of ether oxygens (including phenoxy) is 2. The summed E-state index contributed by atoms with van der Waals surface area (Å²) in [6.07, 6.45) is 2.50. The second-order valence-electron chi connectivity index (χ2n) is 5.44. The Morgan fingerprint density at radius 3 is 2.65 bits per heavy atom. The largest absolute Gasteiger partial charge is 0.459 e. The van der Waals surface area contributed by atoms with E-state index in [1.807, 2.05) is 31.2 Å². The van der Waals surface area contributed by atoms with Crippen molar-refractivity contribution in [3.63, 3.8) is 0 Å². The van der Waals surface area contributed by atoms with Gasteiger partial charge >= 0.3 is 0 Å². The minimum atomic E-state index is -0.616. The smallest absolute Gasteiger partial charge is 0.283 e. The molecule has 0 fully saturated rings. The van der Waals surface area contributed by atoms with Crippen molar-refractivity contribution in [2.45, 2.75) is 32.0 Å². The highest BCUT2D eigenvalue weighted by molar-refractivity contribution is 6.30. The number of allylic oxidation sites excluding steroid dienone is 1. The molecule has 3 atom stereocenters. The van der Waals surface area contributed by atoms with Crippen LogP contribution >= 0.6 is 11.6 Å². The van der Waals surface area contributed by atoms with E-state index >= 15 is 0 Å². The molecule has 0 unspecified atom stereocenters. The Morgan fingerprint density at radius 2 is 2.09 bits per heavy atom. The fraction of sp³-hybridized carbons (Fsp3) is 0.471. The zero-order valence-corrected chi connectivity index (χ0v) is 13.8. The molecular weight excluding hydrogens is 318 g/mol. The van der Waals surface area contributed by atoms with Crippen molar-refractivity contribution in [1.29, 1.82) is 0 Å². The molecule has 6 heteroatoms. The molecule has 0 saturated carbocycles. The van der Waals surface area contributed by atoms with Gasteiger partial charge in [0.05, 0.1) is 0 Å². The number of rotatable bonds is 7. The molecule has 0 saturated heterocycles. The van der Waals surface area contributed by atoms with E-state index < -0.39 is 12.2 Å². The Kier molecular flexibility index (Phi) is 6.45. The molecular formula is C17H22ClNO4. The maximum Gasteiger partial charge on any atom is 0.283 e. The molecule has 1 aromatic carbocycles. The van der Waals surface area contributed by atoms with E-state index in [1.165, 1.54) is 0 Å². The first-order valence-electron chi connectivity index (χ1n) is 7.73. The van der Waals surface area contributed by atoms with Gasteiger partial charge in [0, 0.05) is 30.1 Å². The van der Waals surface area contributed by atoms with Crippen LogP contribution in [0.2, 0.25) is 5.02 Å². The fourth-order valence-corrected chi connectivity index (χ4v) is 2.97. The molecule has 2 rings (SSSR count). The quantitative estimate of drug-likeness (QED) is 0.800. The van der Waals surface area contributed by atoms with Gasteiger partial charge in [-0.3, -0.25) is 4.79 Å². The normalized spacial score (nSPS) is 24.0. The molecule has 1 heterocycles. The minimum Gasteiger partial charge on any atom is -0.459 e. The molecule has 1 aromatic rings. The molecule has 0 radical (unpaired) electrons. The Balaban J connectivity index is 2.38. The molecule has 23 heavy (non-hydrogen) atoms. The molecule has 1 aliphatic rings. The first-order valence-corrected chi connectivity index (χ1v) is 8.10. The van der Waals surface area contributed by atoms with Crippen LogP contribution in [0.4, 0.5) is 0 Å². The third kappa shape index (κ3) is 4.47. The van der Waals surface area contributed by atoms with Crippen LogP contribution in [0.3, 0.4) is 0 Å². The predicted octanol–water partition coefficient (Wildman–Crippen LogP) is 2.57. The number of nitrogens with two attached hydrogens (primary N) is 1. The summed E-state index contributed by atoms with van der Waals surface area (Å²) in [6, 6.07) is 7.45. The lowest BCUT2D eigenvalue weighted by Crippen LogP contribution is -2.37. The Hall–Kier alpha value is -1.56. The molecule has 0 aliphatic carbocycles. The monoisotopic (exact) mass is 339 g/mol. The van der Waals surface area contributed by atoms with Gasteiger partial charge in [-0.1, -0.05) is 23.7 Å². The van der Waals surface area contributed by atoms with Crippen LogP contribution in [-0.2, 0) is 14.3 Å². The number of carbonyl (C=O) groups excluding carboxylic acids is 1. The van der Waals surface area contributed by atoms with Crippen molar-refractivity contribution >= 4 is 17.5 Å². The highest BCUT2D eigenvalue weighted by Crippen LogP contribution is 2.39. The molecule has 1 aliphatic heterocycles. The lowest BCUT2D eigenvalue weighted by molar-refractivity contribution is -0.165. The summed E-state index contributed by atoms with van der Waals surface area (Å²) in [4.78, 5) is 11.6. The molecule has 0 spiro atoms. The number of hydrogen-bond donors (Lipinski definition) is 2. The number of hydrogen-bond acceptors (Lipinski definition) is 4. The maximum atomic E-state index is 11.6. The standard InChI is InChI=1S/C17H22ClNO4/c1-2-22-17-13(4-3-9-20)14(10-15(23-17)16(19)21)11-5-7-12(18)8-6-11/h5-8,10,13-14,17,20H,2-4,9H2,1H3,(H2,19,21)/t13-,14+,17+/m0/s1. The number of amides is 1. The van der Waals surface area contributed by atoms with Gasteiger partial charge in [-0.05, 0) is 43.5 Å². The average molecular weight is 340 g/mol. The van der Waals surface area contributed by atoms with Crippen LogP contribution < -0.4 is 5.73 Å². The summed E-state index contributed by atoms with van der Waals surface area (Å²) >= 11 is 5.96. The van der Waals surface area contributed by atoms with Gasteiger partial charge < -0.3 is 20.3 Å². The van der Waals surface area contributed by atoms with Crippen molar-refractivity contribution in [2.24, 2.45) is 11.7 Å². The Morgan fingerprint density at radius 1 is 1.39 bits per heavy atom. The summed E-state index contributed by atoms with van der Waals surface area (Å²) in [7, 11) is 0. The molecule has 5 nitrogen and oxygen atoms in total. The fourth-order valence-electron chi connectivity index (χ4n) is 2.84. The van der Waals surface area contributed by atoms with Crippen molar-refractivity contribution in [1.82, 2.24) is 0 Å². The van der Waals surface area contributed by atoms with Crippen molar-refractivity contribution < 1.29 is 19.4 Å². The topological polar surface area (TPSA) is 81.8 Å². The number of carbonyl (C=O) groups is 1. The van der Waals surface area contributed by atoms with Gasteiger partial charge in [0.25, 0.3) is 5.91 Å². The molecule has 0 aromatic heterocycles. The van der Waals surface area contributed by atoms with Gasteiger partial charge in [-0.25, -0.2) is 0 Å². The Labute approximate surface area is 141 Å². The van der Waals surface area contributed by atoms with Crippen molar-refractivity contribution in [2.75, 3.05) is 13.2 Å². The van der Waals surface area contributed by atoms with Crippen LogP contribution in [-0.4, -0.2) is 30.5 Å². The van der Waals surface area contributed by atoms with Gasteiger partial charge in [0.2, 0.25) is 6.29 Å². The number of halogens is 1. The Bertz CT molecular complexity index is 558. The number of aliphatic hydroxyl groups excluding tert-OH is 1. The number of benzene rings is 1. The summed E-state index contributed by atoms with van der Waals surface area (Å²) in [6.45, 7) is 2.42. The molecule has 3 N–H and O–H groups in total. The summed E-state index contributed by atoms with van der Waals surface area (Å²) in [5.41, 5.74) is 6.39. The highest BCUT2D eigenvalue weighted by atomic mass is 35.5. The highest BCUT2D eigenvalue weighted by Gasteiger charge is 2.37. The zero-order chi connectivity index (χ0) is 16.8. The SMILES string of the molecule is CCO[C@@H]1OC(C(N)=O)=C[C@H](c2ccc(Cl)cc2)[C@@H]1CCCO.